The van der Waals surface area contributed by atoms with E-state index in [1.807, 2.05) is 31.2 Å². The van der Waals surface area contributed by atoms with Gasteiger partial charge in [-0.05, 0) is 55.0 Å². The monoisotopic (exact) mass is 360 g/mol. The third kappa shape index (κ3) is 3.04. The van der Waals surface area contributed by atoms with Crippen molar-refractivity contribution < 1.29 is 9.18 Å². The van der Waals surface area contributed by atoms with Crippen LogP contribution in [0.4, 0.5) is 10.1 Å². The van der Waals surface area contributed by atoms with Gasteiger partial charge in [0.05, 0.1) is 6.42 Å². The molecule has 1 amide bonds. The highest BCUT2D eigenvalue weighted by Crippen LogP contribution is 2.24. The number of aromatic nitrogens is 1. The quantitative estimate of drug-likeness (QED) is 0.706. The van der Waals surface area contributed by atoms with E-state index in [9.17, 15) is 9.18 Å². The van der Waals surface area contributed by atoms with Crippen LogP contribution in [-0.4, -0.2) is 10.9 Å². The lowest BCUT2D eigenvalue weighted by molar-refractivity contribution is -0.115. The summed E-state index contributed by atoms with van der Waals surface area (Å²) >= 11 is 3.35. The van der Waals surface area contributed by atoms with Crippen molar-refractivity contribution in [3.63, 3.8) is 0 Å². The van der Waals surface area contributed by atoms with E-state index in [-0.39, 0.29) is 18.1 Å². The van der Waals surface area contributed by atoms with Gasteiger partial charge in [-0.1, -0.05) is 15.9 Å². The molecule has 2 aromatic carbocycles. The summed E-state index contributed by atoms with van der Waals surface area (Å²) in [6.07, 6.45) is 0.200. The predicted molar refractivity (Wildman–Crippen MR) is 89.5 cm³/mol. The van der Waals surface area contributed by atoms with Gasteiger partial charge in [0.25, 0.3) is 0 Å². The molecule has 0 saturated carbocycles. The van der Waals surface area contributed by atoms with Crippen LogP contribution >= 0.6 is 15.9 Å². The molecule has 0 fully saturated rings. The van der Waals surface area contributed by atoms with Gasteiger partial charge in [-0.25, -0.2) is 4.39 Å². The lowest BCUT2D eigenvalue weighted by Gasteiger charge is -2.06. The van der Waals surface area contributed by atoms with E-state index in [4.69, 9.17) is 0 Å². The Labute approximate surface area is 135 Å². The highest BCUT2D eigenvalue weighted by Gasteiger charge is 2.13. The molecule has 3 aromatic rings. The fourth-order valence-electron chi connectivity index (χ4n) is 2.48. The van der Waals surface area contributed by atoms with Crippen LogP contribution in [-0.2, 0) is 11.2 Å². The number of aryl methyl sites for hydroxylation is 1. The molecule has 0 aliphatic heterocycles. The zero-order chi connectivity index (χ0) is 15.7. The van der Waals surface area contributed by atoms with E-state index in [1.165, 1.54) is 12.1 Å². The Morgan fingerprint density at radius 2 is 1.95 bits per heavy atom. The number of carbonyl (C=O) groups is 1. The molecule has 0 aliphatic rings. The third-order valence-electron chi connectivity index (χ3n) is 3.55. The minimum Gasteiger partial charge on any atom is -0.358 e. The SMILES string of the molecule is Cc1[nH]c2ccc(F)cc2c1CC(=O)Nc1ccc(Br)cc1. The molecule has 0 saturated heterocycles. The van der Waals surface area contributed by atoms with Gasteiger partial charge in [-0.3, -0.25) is 4.79 Å². The maximum atomic E-state index is 13.4. The van der Waals surface area contributed by atoms with Gasteiger partial charge in [-0.2, -0.15) is 0 Å². The molecule has 3 rings (SSSR count). The van der Waals surface area contributed by atoms with Gasteiger partial charge in [0.1, 0.15) is 5.82 Å². The summed E-state index contributed by atoms with van der Waals surface area (Å²) in [4.78, 5) is 15.4. The minimum absolute atomic E-state index is 0.129. The number of hydrogen-bond donors (Lipinski definition) is 2. The lowest BCUT2D eigenvalue weighted by atomic mass is 10.1. The Hall–Kier alpha value is -2.14. The Balaban J connectivity index is 1.83. The smallest absolute Gasteiger partial charge is 0.228 e. The van der Waals surface area contributed by atoms with Gasteiger partial charge in [-0.15, -0.1) is 0 Å². The number of anilines is 1. The van der Waals surface area contributed by atoms with E-state index in [2.05, 4.69) is 26.2 Å². The number of carbonyl (C=O) groups excluding carboxylic acids is 1. The van der Waals surface area contributed by atoms with Crippen LogP contribution in [0.3, 0.4) is 0 Å². The number of hydrogen-bond acceptors (Lipinski definition) is 1. The Morgan fingerprint density at radius 1 is 1.23 bits per heavy atom. The van der Waals surface area contributed by atoms with Crippen molar-refractivity contribution >= 4 is 38.4 Å². The first kappa shape index (κ1) is 14.8. The molecule has 0 spiro atoms. The highest BCUT2D eigenvalue weighted by molar-refractivity contribution is 9.10. The predicted octanol–water partition coefficient (Wildman–Crippen LogP) is 4.56. The van der Waals surface area contributed by atoms with Crippen molar-refractivity contribution in [2.24, 2.45) is 0 Å². The second-order valence-corrected chi connectivity index (χ2v) is 6.07. The minimum atomic E-state index is -0.305. The molecule has 1 aromatic heterocycles. The van der Waals surface area contributed by atoms with Crippen LogP contribution in [0.1, 0.15) is 11.3 Å². The standard InChI is InChI=1S/C17H14BrFN2O/c1-10-14(15-8-12(19)4-7-16(15)20-10)9-17(22)21-13-5-2-11(18)3-6-13/h2-8,20H,9H2,1H3,(H,21,22). The molecule has 22 heavy (non-hydrogen) atoms. The van der Waals surface area contributed by atoms with Crippen LogP contribution in [0, 0.1) is 12.7 Å². The number of rotatable bonds is 3. The van der Waals surface area contributed by atoms with Gasteiger partial charge in [0.2, 0.25) is 5.91 Å². The number of aromatic amines is 1. The number of benzene rings is 2. The van der Waals surface area contributed by atoms with Crippen molar-refractivity contribution in [1.29, 1.82) is 0 Å². The molecular formula is C17H14BrFN2O. The average Bonchev–Trinajstić information content (AvgIpc) is 2.77. The average molecular weight is 361 g/mol. The van der Waals surface area contributed by atoms with E-state index < -0.39 is 0 Å². The Bertz CT molecular complexity index is 840. The number of amides is 1. The molecule has 112 valence electrons. The number of H-pyrrole nitrogens is 1. The van der Waals surface area contributed by atoms with Crippen LogP contribution in [0.5, 0.6) is 0 Å². The summed E-state index contributed by atoms with van der Waals surface area (Å²) in [6, 6.07) is 11.9. The summed E-state index contributed by atoms with van der Waals surface area (Å²) < 4.78 is 14.4. The largest absolute Gasteiger partial charge is 0.358 e. The molecule has 0 bridgehead atoms. The molecule has 3 nitrogen and oxygen atoms in total. The van der Waals surface area contributed by atoms with Gasteiger partial charge in [0.15, 0.2) is 0 Å². The fraction of sp³-hybridized carbons (Fsp3) is 0.118. The summed E-state index contributed by atoms with van der Waals surface area (Å²) in [7, 11) is 0. The van der Waals surface area contributed by atoms with Crippen molar-refractivity contribution in [2.75, 3.05) is 5.32 Å². The molecule has 0 aliphatic carbocycles. The molecule has 0 atom stereocenters. The zero-order valence-corrected chi connectivity index (χ0v) is 13.5. The van der Waals surface area contributed by atoms with Gasteiger partial charge >= 0.3 is 0 Å². The molecular weight excluding hydrogens is 347 g/mol. The van der Waals surface area contributed by atoms with Gasteiger partial charge in [0, 0.05) is 26.8 Å². The van der Waals surface area contributed by atoms with E-state index >= 15 is 0 Å². The first-order valence-electron chi connectivity index (χ1n) is 6.85. The molecule has 0 unspecified atom stereocenters. The first-order valence-corrected chi connectivity index (χ1v) is 7.64. The van der Waals surface area contributed by atoms with Gasteiger partial charge < -0.3 is 10.3 Å². The fourth-order valence-corrected chi connectivity index (χ4v) is 2.75. The van der Waals surface area contributed by atoms with Crippen molar-refractivity contribution in [2.45, 2.75) is 13.3 Å². The third-order valence-corrected chi connectivity index (χ3v) is 4.08. The second-order valence-electron chi connectivity index (χ2n) is 5.15. The van der Waals surface area contributed by atoms with Crippen molar-refractivity contribution in [3.8, 4) is 0 Å². The Morgan fingerprint density at radius 3 is 2.68 bits per heavy atom. The van der Waals surface area contributed by atoms with E-state index in [0.29, 0.717) is 0 Å². The van der Waals surface area contributed by atoms with Crippen molar-refractivity contribution in [1.82, 2.24) is 4.98 Å². The zero-order valence-electron chi connectivity index (χ0n) is 11.9. The summed E-state index contributed by atoms with van der Waals surface area (Å²) in [5.41, 5.74) is 3.28. The normalized spacial score (nSPS) is 10.9. The number of nitrogens with one attached hydrogen (secondary N) is 2. The Kier molecular flexibility index (Phi) is 3.98. The maximum Gasteiger partial charge on any atom is 0.228 e. The number of fused-ring (bicyclic) bond motifs is 1. The molecule has 5 heteroatoms. The molecule has 2 N–H and O–H groups in total. The summed E-state index contributed by atoms with van der Waals surface area (Å²) in [6.45, 7) is 1.89. The van der Waals surface area contributed by atoms with Crippen molar-refractivity contribution in [3.05, 3.63) is 64.0 Å². The summed E-state index contributed by atoms with van der Waals surface area (Å²) in [5.74, 6) is -0.434. The van der Waals surface area contributed by atoms with E-state index in [1.54, 1.807) is 6.07 Å². The lowest BCUT2D eigenvalue weighted by Crippen LogP contribution is -2.14. The number of halogens is 2. The van der Waals surface area contributed by atoms with E-state index in [0.717, 1.165) is 32.3 Å². The molecule has 1 heterocycles. The second kappa shape index (κ2) is 5.93. The van der Waals surface area contributed by atoms with Crippen LogP contribution in [0.25, 0.3) is 10.9 Å². The van der Waals surface area contributed by atoms with Crippen LogP contribution in [0.2, 0.25) is 0 Å². The van der Waals surface area contributed by atoms with Crippen LogP contribution in [0.15, 0.2) is 46.9 Å². The topological polar surface area (TPSA) is 44.9 Å². The van der Waals surface area contributed by atoms with Crippen LogP contribution < -0.4 is 5.32 Å². The highest BCUT2D eigenvalue weighted by atomic mass is 79.9. The first-order chi connectivity index (χ1) is 10.5. The summed E-state index contributed by atoms with van der Waals surface area (Å²) in [5, 5.41) is 3.60. The molecule has 0 radical (unpaired) electrons. The maximum absolute atomic E-state index is 13.4.